The number of halogens is 2. The van der Waals surface area contributed by atoms with Gasteiger partial charge < -0.3 is 0 Å². The van der Waals surface area contributed by atoms with Crippen LogP contribution in [0.25, 0.3) is 54.9 Å². The van der Waals surface area contributed by atoms with Gasteiger partial charge in [-0.1, -0.05) is 204 Å². The van der Waals surface area contributed by atoms with Gasteiger partial charge in [0.05, 0.1) is 9.52 Å². The summed E-state index contributed by atoms with van der Waals surface area (Å²) in [4.78, 5) is 0. The van der Waals surface area contributed by atoms with Crippen LogP contribution in [0.5, 0.6) is 0 Å². The molecule has 1 heterocycles. The third-order valence-electron chi connectivity index (χ3n) is 14.0. The van der Waals surface area contributed by atoms with E-state index in [2.05, 4.69) is 238 Å². The van der Waals surface area contributed by atoms with Crippen molar-refractivity contribution in [2.24, 2.45) is 11.8 Å². The molecule has 378 valence electrons. The summed E-state index contributed by atoms with van der Waals surface area (Å²) in [7, 11) is 10.7. The van der Waals surface area contributed by atoms with Crippen molar-refractivity contribution in [3.8, 4) is 33.4 Å². The van der Waals surface area contributed by atoms with Gasteiger partial charge in [0.25, 0.3) is 0 Å². The minimum atomic E-state index is -0.826. The minimum Gasteiger partial charge on any atom is -0.184 e. The van der Waals surface area contributed by atoms with E-state index in [1.54, 1.807) is 0 Å². The summed E-state index contributed by atoms with van der Waals surface area (Å²) < 4.78 is 0. The van der Waals surface area contributed by atoms with Gasteiger partial charge in [-0.2, -0.15) is 41.6 Å². The number of benzene rings is 6. The van der Waals surface area contributed by atoms with Crippen molar-refractivity contribution < 1.29 is 20.8 Å². The quantitative estimate of drug-likeness (QED) is 0.0845. The van der Waals surface area contributed by atoms with Crippen molar-refractivity contribution in [3.05, 3.63) is 178 Å². The molecule has 0 amide bonds. The van der Waals surface area contributed by atoms with Crippen LogP contribution in [0.4, 0.5) is 0 Å². The third kappa shape index (κ3) is 14.3. The van der Waals surface area contributed by atoms with Crippen molar-refractivity contribution in [2.75, 3.05) is 0 Å². The molecular weight excluding hydrogens is 1010 g/mol. The Balaban J connectivity index is 0.000000181. The summed E-state index contributed by atoms with van der Waals surface area (Å²) in [5.41, 5.74) is 20.1. The smallest absolute Gasteiger partial charge is 0.0920 e. The van der Waals surface area contributed by atoms with Gasteiger partial charge in [-0.15, -0.1) is 74.6 Å². The molecule has 8 aromatic carbocycles. The molecule has 0 unspecified atom stereocenters. The van der Waals surface area contributed by atoms with Gasteiger partial charge in [0.15, 0.2) is 0 Å². The standard InChI is InChI=1S/2C28H37.C12H7Si.2ClH.Zr/c2*1-17(2)11-21-12-22-9-10-26(20(7)8)28(27(22)13-21)25-15-23(18(3)4)14-24(16-25)19(5)6;1-3-7-11-9(5-1)10-6-2-4-8-12(10)13-11;;;/h2*9-10,12-20H,11H2,1-8H3;1-7H;2*1H;/q3*-1;;;+2/p-2. The summed E-state index contributed by atoms with van der Waals surface area (Å²) in [5, 5.41) is 8.45. The fourth-order valence-corrected chi connectivity index (χ4v) is 11.5. The van der Waals surface area contributed by atoms with Crippen LogP contribution in [-0.2, 0) is 33.7 Å². The average molecular weight is 1090 g/mol. The predicted molar refractivity (Wildman–Crippen MR) is 319 cm³/mol. The third-order valence-corrected chi connectivity index (χ3v) is 15.4. The normalized spacial score (nSPS) is 12.0. The Morgan fingerprint density at radius 3 is 1.22 bits per heavy atom. The van der Waals surface area contributed by atoms with Crippen LogP contribution in [0.15, 0.2) is 127 Å². The molecule has 1 aliphatic rings. The summed E-state index contributed by atoms with van der Waals surface area (Å²) in [6.07, 6.45) is 2.29. The van der Waals surface area contributed by atoms with Gasteiger partial charge in [0, 0.05) is 0 Å². The second-order valence-electron chi connectivity index (χ2n) is 22.9. The van der Waals surface area contributed by atoms with Crippen molar-refractivity contribution in [1.82, 2.24) is 0 Å². The van der Waals surface area contributed by atoms with Gasteiger partial charge in [-0.3, -0.25) is 0 Å². The summed E-state index contributed by atoms with van der Waals surface area (Å²) in [5.74, 6) is 4.53. The number of hydrogen-bond acceptors (Lipinski definition) is 0. The first-order valence-corrected chi connectivity index (χ1v) is 34.1. The fraction of sp³-hybridized carbons (Fsp3) is 0.382. The van der Waals surface area contributed by atoms with Crippen molar-refractivity contribution in [2.45, 2.75) is 159 Å². The summed E-state index contributed by atoms with van der Waals surface area (Å²) in [6.45, 7) is 36.9. The van der Waals surface area contributed by atoms with Crippen LogP contribution in [0.3, 0.4) is 0 Å². The topological polar surface area (TPSA) is 0 Å². The molecule has 0 atom stereocenters. The number of hydrogen-bond donors (Lipinski definition) is 0. The van der Waals surface area contributed by atoms with Gasteiger partial charge in [0.2, 0.25) is 0 Å². The molecule has 8 aromatic rings. The fourth-order valence-electron chi connectivity index (χ4n) is 10.2. The van der Waals surface area contributed by atoms with E-state index in [1.807, 2.05) is 6.07 Å². The van der Waals surface area contributed by atoms with Crippen molar-refractivity contribution >= 4 is 58.5 Å². The molecule has 1 aliphatic heterocycles. The molecule has 0 saturated heterocycles. The summed E-state index contributed by atoms with van der Waals surface area (Å²) >= 11 is -0.826. The van der Waals surface area contributed by atoms with Gasteiger partial charge in [-0.05, 0) is 93.6 Å². The molecule has 72 heavy (non-hydrogen) atoms. The van der Waals surface area contributed by atoms with E-state index in [0.717, 1.165) is 22.4 Å². The average Bonchev–Trinajstić information content (AvgIpc) is 4.05. The second kappa shape index (κ2) is 26.1. The largest absolute Gasteiger partial charge is 0.184 e. The maximum Gasteiger partial charge on any atom is 0.0920 e. The van der Waals surface area contributed by atoms with E-state index < -0.39 is 20.8 Å². The van der Waals surface area contributed by atoms with Crippen LogP contribution in [0, 0.1) is 17.9 Å². The summed E-state index contributed by atoms with van der Waals surface area (Å²) in [6, 6.07) is 51.8. The van der Waals surface area contributed by atoms with Gasteiger partial charge in [0.1, 0.15) is 0 Å². The number of rotatable bonds is 12. The van der Waals surface area contributed by atoms with Gasteiger partial charge >= 0.3 is 37.9 Å². The second-order valence-corrected chi connectivity index (χ2v) is 27.9. The zero-order valence-electron chi connectivity index (χ0n) is 46.4. The van der Waals surface area contributed by atoms with Crippen molar-refractivity contribution in [3.63, 3.8) is 0 Å². The zero-order chi connectivity index (χ0) is 52.6. The minimum absolute atomic E-state index is 0.507. The van der Waals surface area contributed by atoms with Crippen LogP contribution in [0.1, 0.15) is 191 Å². The molecule has 4 heteroatoms. The molecule has 0 fully saturated rings. The van der Waals surface area contributed by atoms with Crippen LogP contribution in [0.2, 0.25) is 0 Å². The van der Waals surface area contributed by atoms with Crippen LogP contribution >= 0.6 is 17.0 Å². The molecule has 0 N–H and O–H groups in total. The first-order chi connectivity index (χ1) is 34.2. The Morgan fingerprint density at radius 1 is 0.458 bits per heavy atom. The van der Waals surface area contributed by atoms with E-state index in [4.69, 9.17) is 17.0 Å². The van der Waals surface area contributed by atoms with E-state index in [9.17, 15) is 0 Å². The zero-order valence-corrected chi connectivity index (χ0v) is 51.4. The van der Waals surface area contributed by atoms with E-state index in [1.165, 1.54) is 110 Å². The molecular formula is C68H81Cl2SiZr-3. The van der Waals surface area contributed by atoms with Gasteiger partial charge in [-0.25, -0.2) is 0 Å². The van der Waals surface area contributed by atoms with Crippen LogP contribution in [-0.4, -0.2) is 9.52 Å². The maximum absolute atomic E-state index is 4.93. The van der Waals surface area contributed by atoms with E-state index in [-0.39, 0.29) is 0 Å². The Hall–Kier alpha value is -3.78. The first-order valence-electron chi connectivity index (χ1n) is 26.8. The first kappa shape index (κ1) is 57.5. The maximum atomic E-state index is 4.93. The molecule has 0 aliphatic carbocycles. The monoisotopic (exact) mass is 1090 g/mol. The molecule has 2 radical (unpaired) electrons. The molecule has 0 nitrogen and oxygen atoms in total. The molecule has 0 bridgehead atoms. The Labute approximate surface area is 458 Å². The SMILES string of the molecule is CC(C)Cc1cc2c(-c3cc(C(C)C)cc(C(C)C)c3)c(C(C)C)ccc2[cH-]1.CC(C)Cc1cc2c(-c3cc(C(C)C)cc(C(C)C)c3)c(C(C)C)ccc2[cH-]1.[Cl][Zr][Cl].[c-]1cccc2c1[Si]c1ccccc1-2. The van der Waals surface area contributed by atoms with E-state index in [0.29, 0.717) is 47.3 Å². The Bertz CT molecular complexity index is 2770. The van der Waals surface area contributed by atoms with Crippen LogP contribution < -0.4 is 10.4 Å². The molecule has 0 aromatic heterocycles. The van der Waals surface area contributed by atoms with E-state index >= 15 is 0 Å². The molecule has 0 spiro atoms. The van der Waals surface area contributed by atoms with Crippen molar-refractivity contribution in [1.29, 1.82) is 0 Å². The molecule has 0 saturated carbocycles. The molecule has 9 rings (SSSR count). The predicted octanol–water partition coefficient (Wildman–Crippen LogP) is 20.1. The Kier molecular flexibility index (Phi) is 20.9. The number of fused-ring (bicyclic) bond motifs is 5. The Morgan fingerprint density at radius 2 is 0.847 bits per heavy atom.